The van der Waals surface area contributed by atoms with Crippen molar-refractivity contribution in [3.8, 4) is 0 Å². The van der Waals surface area contributed by atoms with Gasteiger partial charge in [-0.1, -0.05) is 6.07 Å². The van der Waals surface area contributed by atoms with Gasteiger partial charge in [0.2, 0.25) is 0 Å². The molecule has 0 radical (unpaired) electrons. The summed E-state index contributed by atoms with van der Waals surface area (Å²) in [5, 5.41) is 3.28. The summed E-state index contributed by atoms with van der Waals surface area (Å²) in [7, 11) is 1.67. The zero-order valence-electron chi connectivity index (χ0n) is 8.89. The molecule has 1 rings (SSSR count). The third-order valence-electron chi connectivity index (χ3n) is 2.06. The van der Waals surface area contributed by atoms with E-state index >= 15 is 0 Å². The van der Waals surface area contributed by atoms with Crippen LogP contribution in [0.2, 0.25) is 0 Å². The van der Waals surface area contributed by atoms with E-state index in [-0.39, 0.29) is 5.82 Å². The third-order valence-corrected chi connectivity index (χ3v) is 2.66. The highest BCUT2D eigenvalue weighted by molar-refractivity contribution is 9.10. The molecule has 0 aliphatic heterocycles. The van der Waals surface area contributed by atoms with E-state index in [2.05, 4.69) is 21.2 Å². The predicted molar refractivity (Wildman–Crippen MR) is 62.3 cm³/mol. The van der Waals surface area contributed by atoms with Crippen LogP contribution in [0.15, 0.2) is 22.7 Å². The first-order valence-electron chi connectivity index (χ1n) is 4.79. The fourth-order valence-electron chi connectivity index (χ4n) is 1.25. The first-order valence-corrected chi connectivity index (χ1v) is 5.59. The second kappa shape index (κ2) is 6.20. The van der Waals surface area contributed by atoms with Gasteiger partial charge < -0.3 is 10.1 Å². The summed E-state index contributed by atoms with van der Waals surface area (Å²) in [5.74, 6) is -0.233. The fraction of sp³-hybridized carbons (Fsp3) is 0.455. The molecule has 4 heteroatoms. The largest absolute Gasteiger partial charge is 0.383 e. The van der Waals surface area contributed by atoms with E-state index in [1.165, 1.54) is 6.07 Å². The minimum absolute atomic E-state index is 0.233. The molecule has 1 N–H and O–H groups in total. The number of benzene rings is 1. The first-order chi connectivity index (χ1) is 7.13. The second-order valence-corrected chi connectivity index (χ2v) is 4.34. The molecule has 0 bridgehead atoms. The van der Waals surface area contributed by atoms with Crippen LogP contribution < -0.4 is 5.32 Å². The van der Waals surface area contributed by atoms with Crippen molar-refractivity contribution in [3.05, 3.63) is 34.1 Å². The van der Waals surface area contributed by atoms with Crippen LogP contribution in [0.1, 0.15) is 12.5 Å². The van der Waals surface area contributed by atoms with Gasteiger partial charge in [0.05, 0.1) is 11.1 Å². The lowest BCUT2D eigenvalue weighted by Gasteiger charge is -2.12. The quantitative estimate of drug-likeness (QED) is 0.892. The Bertz CT molecular complexity index is 319. The number of hydrogen-bond acceptors (Lipinski definition) is 2. The molecule has 1 aromatic rings. The molecule has 15 heavy (non-hydrogen) atoms. The summed E-state index contributed by atoms with van der Waals surface area (Å²) in [4.78, 5) is 0. The maximum absolute atomic E-state index is 12.9. The molecule has 0 aliphatic rings. The van der Waals surface area contributed by atoms with Gasteiger partial charge in [0.25, 0.3) is 0 Å². The van der Waals surface area contributed by atoms with Crippen molar-refractivity contribution in [2.75, 3.05) is 13.7 Å². The van der Waals surface area contributed by atoms with Gasteiger partial charge >= 0.3 is 0 Å². The molecule has 0 saturated heterocycles. The van der Waals surface area contributed by atoms with Gasteiger partial charge in [-0.3, -0.25) is 0 Å². The van der Waals surface area contributed by atoms with Crippen LogP contribution in [-0.4, -0.2) is 19.8 Å². The van der Waals surface area contributed by atoms with E-state index in [4.69, 9.17) is 4.74 Å². The summed E-state index contributed by atoms with van der Waals surface area (Å²) >= 11 is 3.16. The van der Waals surface area contributed by atoms with Crippen LogP contribution in [-0.2, 0) is 11.3 Å². The molecule has 2 nitrogen and oxygen atoms in total. The van der Waals surface area contributed by atoms with Crippen molar-refractivity contribution < 1.29 is 9.13 Å². The van der Waals surface area contributed by atoms with E-state index in [1.54, 1.807) is 19.2 Å². The highest BCUT2D eigenvalue weighted by Crippen LogP contribution is 2.16. The summed E-state index contributed by atoms with van der Waals surface area (Å²) in [6, 6.07) is 5.30. The average Bonchev–Trinajstić information content (AvgIpc) is 2.20. The predicted octanol–water partition coefficient (Wildman–Crippen LogP) is 2.71. The second-order valence-electron chi connectivity index (χ2n) is 3.49. The van der Waals surface area contributed by atoms with Crippen LogP contribution >= 0.6 is 15.9 Å². The molecule has 1 aromatic carbocycles. The third kappa shape index (κ3) is 4.28. The SMILES string of the molecule is COCC(C)NCc1ccc(F)c(Br)c1. The number of nitrogens with one attached hydrogen (secondary N) is 1. The minimum atomic E-state index is -0.233. The van der Waals surface area contributed by atoms with E-state index < -0.39 is 0 Å². The average molecular weight is 276 g/mol. The Morgan fingerprint density at radius 2 is 2.27 bits per heavy atom. The molecule has 1 unspecified atom stereocenters. The highest BCUT2D eigenvalue weighted by atomic mass is 79.9. The Hall–Kier alpha value is -0.450. The van der Waals surface area contributed by atoms with Crippen molar-refractivity contribution in [3.63, 3.8) is 0 Å². The summed E-state index contributed by atoms with van der Waals surface area (Å²) < 4.78 is 18.4. The molecule has 0 fully saturated rings. The van der Waals surface area contributed by atoms with Crippen LogP contribution in [0.3, 0.4) is 0 Å². The van der Waals surface area contributed by atoms with Crippen molar-refractivity contribution >= 4 is 15.9 Å². The standard InChI is InChI=1S/C11H15BrFNO/c1-8(7-15-2)14-6-9-3-4-11(13)10(12)5-9/h3-5,8,14H,6-7H2,1-2H3. The maximum Gasteiger partial charge on any atom is 0.137 e. The van der Waals surface area contributed by atoms with Crippen molar-refractivity contribution in [1.29, 1.82) is 0 Å². The van der Waals surface area contributed by atoms with Crippen molar-refractivity contribution in [2.45, 2.75) is 19.5 Å². The van der Waals surface area contributed by atoms with Gasteiger partial charge in [0, 0.05) is 19.7 Å². The summed E-state index contributed by atoms with van der Waals surface area (Å²) in [6.45, 7) is 3.42. The van der Waals surface area contributed by atoms with Gasteiger partial charge in [-0.05, 0) is 40.5 Å². The lowest BCUT2D eigenvalue weighted by molar-refractivity contribution is 0.171. The molecule has 84 valence electrons. The summed E-state index contributed by atoms with van der Waals surface area (Å²) in [5.41, 5.74) is 1.05. The maximum atomic E-state index is 12.9. The van der Waals surface area contributed by atoms with E-state index in [1.807, 2.05) is 6.92 Å². The number of rotatable bonds is 5. The van der Waals surface area contributed by atoms with Gasteiger partial charge in [-0.15, -0.1) is 0 Å². The number of methoxy groups -OCH3 is 1. The Balaban J connectivity index is 2.47. The summed E-state index contributed by atoms with van der Waals surface area (Å²) in [6.07, 6.45) is 0. The zero-order chi connectivity index (χ0) is 11.3. The molecule has 0 saturated carbocycles. The normalized spacial score (nSPS) is 12.8. The highest BCUT2D eigenvalue weighted by Gasteiger charge is 2.03. The Labute approximate surface area is 98.0 Å². The lowest BCUT2D eigenvalue weighted by Crippen LogP contribution is -2.29. The van der Waals surface area contributed by atoms with Gasteiger partial charge in [-0.25, -0.2) is 4.39 Å². The van der Waals surface area contributed by atoms with Crippen molar-refractivity contribution in [2.24, 2.45) is 0 Å². The minimum Gasteiger partial charge on any atom is -0.383 e. The molecule has 0 aromatic heterocycles. The number of ether oxygens (including phenoxy) is 1. The fourth-order valence-corrected chi connectivity index (χ4v) is 1.68. The number of halogens is 2. The molecular formula is C11H15BrFNO. The Kier molecular flexibility index (Phi) is 5.22. The molecule has 0 heterocycles. The number of hydrogen-bond donors (Lipinski definition) is 1. The van der Waals surface area contributed by atoms with Crippen LogP contribution in [0.5, 0.6) is 0 Å². The Morgan fingerprint density at radius 3 is 2.87 bits per heavy atom. The topological polar surface area (TPSA) is 21.3 Å². The molecular weight excluding hydrogens is 261 g/mol. The smallest absolute Gasteiger partial charge is 0.137 e. The lowest BCUT2D eigenvalue weighted by atomic mass is 10.2. The first kappa shape index (κ1) is 12.6. The van der Waals surface area contributed by atoms with Crippen LogP contribution in [0.25, 0.3) is 0 Å². The van der Waals surface area contributed by atoms with E-state index in [0.717, 1.165) is 5.56 Å². The van der Waals surface area contributed by atoms with Gasteiger partial charge in [0.15, 0.2) is 0 Å². The van der Waals surface area contributed by atoms with Gasteiger partial charge in [-0.2, -0.15) is 0 Å². The van der Waals surface area contributed by atoms with E-state index in [0.29, 0.717) is 23.7 Å². The molecule has 1 atom stereocenters. The van der Waals surface area contributed by atoms with E-state index in [9.17, 15) is 4.39 Å². The van der Waals surface area contributed by atoms with Crippen molar-refractivity contribution in [1.82, 2.24) is 5.32 Å². The molecule has 0 amide bonds. The van der Waals surface area contributed by atoms with Crippen LogP contribution in [0.4, 0.5) is 4.39 Å². The Morgan fingerprint density at radius 1 is 1.53 bits per heavy atom. The van der Waals surface area contributed by atoms with Crippen LogP contribution in [0, 0.1) is 5.82 Å². The molecule has 0 spiro atoms. The monoisotopic (exact) mass is 275 g/mol. The van der Waals surface area contributed by atoms with Gasteiger partial charge in [0.1, 0.15) is 5.82 Å². The zero-order valence-corrected chi connectivity index (χ0v) is 10.5. The molecule has 0 aliphatic carbocycles.